The van der Waals surface area contributed by atoms with E-state index < -0.39 is 0 Å². The molecule has 29 heavy (non-hydrogen) atoms. The summed E-state index contributed by atoms with van der Waals surface area (Å²) in [6, 6.07) is 9.57. The second kappa shape index (κ2) is 8.95. The van der Waals surface area contributed by atoms with Crippen LogP contribution in [-0.2, 0) is 7.05 Å². The molecule has 1 aromatic heterocycles. The van der Waals surface area contributed by atoms with E-state index in [-0.39, 0.29) is 5.56 Å². The fourth-order valence-electron chi connectivity index (χ4n) is 4.06. The Labute approximate surface area is 178 Å². The Morgan fingerprint density at radius 2 is 1.93 bits per heavy atom. The van der Waals surface area contributed by atoms with Gasteiger partial charge in [0.2, 0.25) is 0 Å². The number of hydrogen-bond acceptors (Lipinski definition) is 3. The van der Waals surface area contributed by atoms with Crippen LogP contribution in [0.1, 0.15) is 45.7 Å². The van der Waals surface area contributed by atoms with Gasteiger partial charge >= 0.3 is 0 Å². The van der Waals surface area contributed by atoms with Crippen LogP contribution in [0.3, 0.4) is 0 Å². The smallest absolute Gasteiger partial charge is 0.295 e. The predicted octanol–water partition coefficient (Wildman–Crippen LogP) is 4.22. The molecule has 0 spiro atoms. The molecule has 0 unspecified atom stereocenters. The summed E-state index contributed by atoms with van der Waals surface area (Å²) in [4.78, 5) is 13.0. The van der Waals surface area contributed by atoms with E-state index in [1.54, 1.807) is 4.68 Å². The van der Waals surface area contributed by atoms with E-state index in [9.17, 15) is 4.79 Å². The summed E-state index contributed by atoms with van der Waals surface area (Å²) >= 11 is 5.44. The van der Waals surface area contributed by atoms with Gasteiger partial charge in [-0.25, -0.2) is 4.68 Å². The number of benzene rings is 1. The van der Waals surface area contributed by atoms with Crippen molar-refractivity contribution in [1.29, 1.82) is 0 Å². The molecule has 0 amide bonds. The lowest BCUT2D eigenvalue weighted by Gasteiger charge is -2.30. The lowest BCUT2D eigenvalue weighted by molar-refractivity contribution is 0.363. The van der Waals surface area contributed by atoms with E-state index in [0.29, 0.717) is 28.6 Å². The molecule has 0 bridgehead atoms. The summed E-state index contributed by atoms with van der Waals surface area (Å²) in [7, 11) is 1.86. The largest absolute Gasteiger partial charge is 0.325 e. The van der Waals surface area contributed by atoms with Crippen molar-refractivity contribution in [2.24, 2.45) is 29.9 Å². The molecule has 0 aliphatic heterocycles. The number of hydrogen-bond donors (Lipinski definition) is 2. The molecule has 2 aromatic rings. The molecule has 2 atom stereocenters. The van der Waals surface area contributed by atoms with Gasteiger partial charge in [0.15, 0.2) is 5.11 Å². The Morgan fingerprint density at radius 3 is 2.59 bits per heavy atom. The van der Waals surface area contributed by atoms with Crippen LogP contribution >= 0.6 is 12.2 Å². The molecular formula is C22H31N5OS. The van der Waals surface area contributed by atoms with Crippen molar-refractivity contribution in [3.05, 3.63) is 46.4 Å². The van der Waals surface area contributed by atoms with Gasteiger partial charge < -0.3 is 5.32 Å². The summed E-state index contributed by atoms with van der Waals surface area (Å²) < 4.78 is 3.45. The number of anilines is 1. The SMILES string of the molecule is Cc1c(NC(=S)NN=C2C[C@H](C)CC[C@@H]2C(C)C)c(=O)n(-c2ccccc2)n1C. The van der Waals surface area contributed by atoms with Gasteiger partial charge in [0.25, 0.3) is 5.56 Å². The highest BCUT2D eigenvalue weighted by molar-refractivity contribution is 7.80. The van der Waals surface area contributed by atoms with Crippen LogP contribution in [0.25, 0.3) is 5.69 Å². The zero-order chi connectivity index (χ0) is 21.1. The normalized spacial score (nSPS) is 20.8. The van der Waals surface area contributed by atoms with Crippen molar-refractivity contribution in [3.63, 3.8) is 0 Å². The van der Waals surface area contributed by atoms with E-state index >= 15 is 0 Å². The number of aromatic nitrogens is 2. The molecule has 0 saturated heterocycles. The molecule has 1 aliphatic carbocycles. The summed E-state index contributed by atoms with van der Waals surface area (Å²) in [5.41, 5.74) is 6.10. The van der Waals surface area contributed by atoms with Crippen LogP contribution in [0.4, 0.5) is 5.69 Å². The summed E-state index contributed by atoms with van der Waals surface area (Å²) in [6.07, 6.45) is 3.40. The summed E-state index contributed by atoms with van der Waals surface area (Å²) in [5, 5.41) is 8.03. The third kappa shape index (κ3) is 4.61. The fraction of sp³-hybridized carbons (Fsp3) is 0.500. The zero-order valence-corrected chi connectivity index (χ0v) is 18.7. The average Bonchev–Trinajstić information content (AvgIpc) is 2.90. The monoisotopic (exact) mass is 413 g/mol. The highest BCUT2D eigenvalue weighted by atomic mass is 32.1. The Bertz CT molecular complexity index is 958. The van der Waals surface area contributed by atoms with Crippen molar-refractivity contribution in [2.75, 3.05) is 5.32 Å². The molecule has 2 N–H and O–H groups in total. The zero-order valence-electron chi connectivity index (χ0n) is 17.9. The molecule has 1 aromatic carbocycles. The van der Waals surface area contributed by atoms with Crippen molar-refractivity contribution >= 4 is 28.7 Å². The van der Waals surface area contributed by atoms with Crippen LogP contribution < -0.4 is 16.3 Å². The van der Waals surface area contributed by atoms with Crippen LogP contribution in [0.5, 0.6) is 0 Å². The lowest BCUT2D eigenvalue weighted by Crippen LogP contribution is -2.33. The molecular weight excluding hydrogens is 382 g/mol. The summed E-state index contributed by atoms with van der Waals surface area (Å²) in [6.45, 7) is 8.65. The fourth-order valence-corrected chi connectivity index (χ4v) is 4.21. The average molecular weight is 414 g/mol. The van der Waals surface area contributed by atoms with Crippen LogP contribution in [0, 0.1) is 24.7 Å². The Morgan fingerprint density at radius 1 is 1.24 bits per heavy atom. The Kier molecular flexibility index (Phi) is 6.57. The van der Waals surface area contributed by atoms with E-state index in [4.69, 9.17) is 12.2 Å². The van der Waals surface area contributed by atoms with Gasteiger partial charge in [-0.05, 0) is 62.4 Å². The quantitative estimate of drug-likeness (QED) is 0.582. The van der Waals surface area contributed by atoms with Crippen molar-refractivity contribution in [1.82, 2.24) is 14.8 Å². The third-order valence-electron chi connectivity index (χ3n) is 5.85. The number of nitrogens with one attached hydrogen (secondary N) is 2. The molecule has 6 nitrogen and oxygen atoms in total. The van der Waals surface area contributed by atoms with Crippen molar-refractivity contribution in [2.45, 2.75) is 47.0 Å². The number of rotatable bonds is 4. The molecule has 1 aliphatic rings. The minimum absolute atomic E-state index is 0.139. The minimum Gasteiger partial charge on any atom is -0.325 e. The summed E-state index contributed by atoms with van der Waals surface area (Å²) in [5.74, 6) is 1.68. The van der Waals surface area contributed by atoms with E-state index in [0.717, 1.165) is 17.8 Å². The first-order valence-electron chi connectivity index (χ1n) is 10.3. The van der Waals surface area contributed by atoms with Crippen molar-refractivity contribution < 1.29 is 0 Å². The van der Waals surface area contributed by atoms with Gasteiger partial charge in [-0.2, -0.15) is 5.10 Å². The van der Waals surface area contributed by atoms with Gasteiger partial charge in [0, 0.05) is 18.7 Å². The van der Waals surface area contributed by atoms with Gasteiger partial charge in [-0.15, -0.1) is 0 Å². The second-order valence-corrected chi connectivity index (χ2v) is 8.75. The maximum atomic E-state index is 13.0. The Balaban J connectivity index is 1.78. The molecule has 3 rings (SSSR count). The number of thiocarbonyl (C=S) groups is 1. The number of hydrazone groups is 1. The van der Waals surface area contributed by atoms with Gasteiger partial charge in [-0.1, -0.05) is 39.0 Å². The molecule has 1 saturated carbocycles. The number of para-hydroxylation sites is 1. The predicted molar refractivity (Wildman–Crippen MR) is 124 cm³/mol. The van der Waals surface area contributed by atoms with Crippen LogP contribution in [-0.4, -0.2) is 20.2 Å². The molecule has 7 heteroatoms. The van der Waals surface area contributed by atoms with E-state index in [1.165, 1.54) is 18.6 Å². The van der Waals surface area contributed by atoms with Crippen LogP contribution in [0.15, 0.2) is 40.2 Å². The molecule has 1 heterocycles. The second-order valence-electron chi connectivity index (χ2n) is 8.34. The van der Waals surface area contributed by atoms with Gasteiger partial charge in [-0.3, -0.25) is 14.9 Å². The molecule has 1 fully saturated rings. The standard InChI is InChI=1S/C22H31N5OS/c1-14(2)18-12-11-15(3)13-19(18)24-25-22(29)23-20-16(4)26(5)27(21(20)28)17-9-7-6-8-10-17/h6-10,14-15,18H,11-13H2,1-5H3,(H2,23,25,29)/t15-,18-/m1/s1. The highest BCUT2D eigenvalue weighted by Gasteiger charge is 2.27. The van der Waals surface area contributed by atoms with Gasteiger partial charge in [0.1, 0.15) is 5.69 Å². The lowest BCUT2D eigenvalue weighted by atomic mass is 9.76. The number of nitrogens with zero attached hydrogens (tertiary/aromatic N) is 3. The minimum atomic E-state index is -0.139. The third-order valence-corrected chi connectivity index (χ3v) is 6.05. The van der Waals surface area contributed by atoms with Crippen LogP contribution in [0.2, 0.25) is 0 Å². The molecule has 0 radical (unpaired) electrons. The Hall–Kier alpha value is -2.41. The topological polar surface area (TPSA) is 63.4 Å². The van der Waals surface area contributed by atoms with Gasteiger partial charge in [0.05, 0.1) is 11.4 Å². The van der Waals surface area contributed by atoms with E-state index in [1.807, 2.05) is 49.0 Å². The first-order chi connectivity index (χ1) is 13.8. The highest BCUT2D eigenvalue weighted by Crippen LogP contribution is 2.31. The maximum absolute atomic E-state index is 13.0. The first-order valence-corrected chi connectivity index (χ1v) is 10.7. The maximum Gasteiger partial charge on any atom is 0.295 e. The first kappa shape index (κ1) is 21.3. The van der Waals surface area contributed by atoms with Crippen molar-refractivity contribution in [3.8, 4) is 5.69 Å². The van der Waals surface area contributed by atoms with E-state index in [2.05, 4.69) is 36.6 Å². The molecule has 156 valence electrons.